The molecule has 11 nitrogen and oxygen atoms in total. The Morgan fingerprint density at radius 3 is 2.91 bits per heavy atom. The quantitative estimate of drug-likeness (QED) is 0.458. The number of phenolic OH excluding ortho intramolecular Hbond substituents is 1. The molecule has 1 aliphatic rings. The monoisotopic (exact) mass is 439 g/mol. The molecule has 4 rings (SSSR count). The minimum Gasteiger partial charge on any atom is -0.504 e. The highest BCUT2D eigenvalue weighted by molar-refractivity contribution is 5.97. The highest BCUT2D eigenvalue weighted by atomic mass is 16.5. The summed E-state index contributed by atoms with van der Waals surface area (Å²) in [6.07, 6.45) is 2.39. The van der Waals surface area contributed by atoms with Gasteiger partial charge in [-0.1, -0.05) is 6.07 Å². The van der Waals surface area contributed by atoms with E-state index in [9.17, 15) is 14.7 Å². The van der Waals surface area contributed by atoms with Gasteiger partial charge in [-0.15, -0.1) is 5.10 Å². The van der Waals surface area contributed by atoms with E-state index in [2.05, 4.69) is 30.9 Å². The molecule has 0 unspecified atom stereocenters. The summed E-state index contributed by atoms with van der Waals surface area (Å²) in [5.74, 6) is 0.870. The second-order valence-corrected chi connectivity index (χ2v) is 7.37. The molecule has 11 heteroatoms. The number of ether oxygens (including phenoxy) is 1. The van der Waals surface area contributed by atoms with E-state index in [1.807, 2.05) is 19.1 Å². The predicted octanol–water partition coefficient (Wildman–Crippen LogP) is 1.59. The number of phenols is 1. The molecule has 32 heavy (non-hydrogen) atoms. The number of para-hydroxylation sites is 1. The Balaban J connectivity index is 1.41. The van der Waals surface area contributed by atoms with Gasteiger partial charge in [-0.2, -0.15) is 0 Å². The first-order valence-corrected chi connectivity index (χ1v) is 10.3. The van der Waals surface area contributed by atoms with Crippen molar-refractivity contribution in [3.05, 3.63) is 42.1 Å². The maximum atomic E-state index is 12.6. The summed E-state index contributed by atoms with van der Waals surface area (Å²) in [7, 11) is 1.44. The van der Waals surface area contributed by atoms with Gasteiger partial charge in [0.25, 0.3) is 5.91 Å². The van der Waals surface area contributed by atoms with Gasteiger partial charge < -0.3 is 25.4 Å². The first-order chi connectivity index (χ1) is 15.5. The number of benzene rings is 1. The number of carbonyl (C=O) groups is 2. The number of nitrogens with one attached hydrogen (secondary N) is 3. The van der Waals surface area contributed by atoms with Crippen molar-refractivity contribution in [3.8, 4) is 11.5 Å². The fourth-order valence-electron chi connectivity index (χ4n) is 3.64. The molecule has 4 N–H and O–H groups in total. The van der Waals surface area contributed by atoms with Gasteiger partial charge in [-0.25, -0.2) is 14.3 Å². The molecule has 3 heterocycles. The highest BCUT2D eigenvalue weighted by Crippen LogP contribution is 2.29. The fraction of sp³-hybridized carbons (Fsp3) is 0.333. The summed E-state index contributed by atoms with van der Waals surface area (Å²) >= 11 is 0. The second-order valence-electron chi connectivity index (χ2n) is 7.37. The van der Waals surface area contributed by atoms with Crippen LogP contribution in [0, 0.1) is 0 Å². The van der Waals surface area contributed by atoms with Crippen LogP contribution in [-0.2, 0) is 0 Å². The van der Waals surface area contributed by atoms with E-state index in [0.29, 0.717) is 31.1 Å². The summed E-state index contributed by atoms with van der Waals surface area (Å²) in [5.41, 5.74) is 0.783. The zero-order valence-corrected chi connectivity index (χ0v) is 17.8. The number of amides is 3. The molecule has 0 saturated carbocycles. The minimum atomic E-state index is -0.354. The molecule has 1 fully saturated rings. The smallest absolute Gasteiger partial charge is 0.320 e. The van der Waals surface area contributed by atoms with Crippen LogP contribution in [0.3, 0.4) is 0 Å². The van der Waals surface area contributed by atoms with Crippen LogP contribution < -0.4 is 25.6 Å². The average Bonchev–Trinajstić information content (AvgIpc) is 3.39. The molecule has 1 saturated heterocycles. The zero-order valence-electron chi connectivity index (χ0n) is 17.8. The van der Waals surface area contributed by atoms with E-state index in [4.69, 9.17) is 4.74 Å². The number of aromatic hydroxyl groups is 1. The number of methoxy groups -OCH3 is 1. The van der Waals surface area contributed by atoms with Gasteiger partial charge in [0.15, 0.2) is 23.0 Å². The largest absolute Gasteiger partial charge is 0.504 e. The van der Waals surface area contributed by atoms with E-state index in [-0.39, 0.29) is 35.0 Å². The van der Waals surface area contributed by atoms with Crippen LogP contribution in [-0.4, -0.2) is 64.4 Å². The Bertz CT molecular complexity index is 1150. The van der Waals surface area contributed by atoms with Gasteiger partial charge in [0.1, 0.15) is 5.82 Å². The predicted molar refractivity (Wildman–Crippen MR) is 118 cm³/mol. The van der Waals surface area contributed by atoms with Crippen molar-refractivity contribution < 1.29 is 19.4 Å². The van der Waals surface area contributed by atoms with Crippen molar-refractivity contribution >= 4 is 29.2 Å². The fourth-order valence-corrected chi connectivity index (χ4v) is 3.64. The van der Waals surface area contributed by atoms with Crippen LogP contribution in [0.25, 0.3) is 5.65 Å². The van der Waals surface area contributed by atoms with Crippen LogP contribution in [0.2, 0.25) is 0 Å². The lowest BCUT2D eigenvalue weighted by Crippen LogP contribution is -2.37. The van der Waals surface area contributed by atoms with Crippen molar-refractivity contribution in [2.45, 2.75) is 19.4 Å². The molecule has 0 aliphatic carbocycles. The number of rotatable bonds is 6. The lowest BCUT2D eigenvalue weighted by atomic mass is 10.1. The SMILES string of the molecule is CCNC(=O)Nc1cn2nc(N3CC[C@H](NC(=O)c4cccc(OC)c4O)C3)ccc2n1. The Labute approximate surface area is 184 Å². The van der Waals surface area contributed by atoms with Crippen LogP contribution in [0.1, 0.15) is 23.7 Å². The number of fused-ring (bicyclic) bond motifs is 1. The average molecular weight is 439 g/mol. The van der Waals surface area contributed by atoms with Crippen molar-refractivity contribution in [2.24, 2.45) is 0 Å². The van der Waals surface area contributed by atoms with Gasteiger partial charge in [-0.3, -0.25) is 10.1 Å². The molecule has 2 aromatic heterocycles. The maximum absolute atomic E-state index is 12.6. The number of aromatic nitrogens is 3. The summed E-state index contributed by atoms with van der Waals surface area (Å²) in [5, 5.41) is 23.1. The molecule has 0 radical (unpaired) electrons. The number of anilines is 2. The Morgan fingerprint density at radius 1 is 1.28 bits per heavy atom. The standard InChI is InChI=1S/C21H25N7O4/c1-3-22-21(31)25-16-12-28-17(24-16)7-8-18(26-28)27-10-9-13(11-27)23-20(30)14-5-4-6-15(32-2)19(14)29/h4-8,12-13,29H,3,9-11H2,1-2H3,(H,23,30)(H2,22,25,31)/t13-/m0/s1. The van der Waals surface area contributed by atoms with E-state index >= 15 is 0 Å². The van der Waals surface area contributed by atoms with Crippen molar-refractivity contribution in [1.82, 2.24) is 25.2 Å². The molecule has 0 spiro atoms. The second kappa shape index (κ2) is 9.00. The topological polar surface area (TPSA) is 133 Å². The lowest BCUT2D eigenvalue weighted by molar-refractivity contribution is 0.0937. The highest BCUT2D eigenvalue weighted by Gasteiger charge is 2.27. The molecule has 0 bridgehead atoms. The number of imidazole rings is 1. The molecule has 1 atom stereocenters. The van der Waals surface area contributed by atoms with E-state index in [1.54, 1.807) is 28.9 Å². The number of carbonyl (C=O) groups excluding carboxylic acids is 2. The van der Waals surface area contributed by atoms with Crippen LogP contribution in [0.15, 0.2) is 36.5 Å². The van der Waals surface area contributed by atoms with E-state index < -0.39 is 0 Å². The molecule has 168 valence electrons. The first kappa shape index (κ1) is 21.2. The van der Waals surface area contributed by atoms with Gasteiger partial charge in [-0.05, 0) is 37.6 Å². The van der Waals surface area contributed by atoms with Crippen LogP contribution >= 0.6 is 0 Å². The summed E-state index contributed by atoms with van der Waals surface area (Å²) in [6, 6.07) is 8.08. The van der Waals surface area contributed by atoms with Gasteiger partial charge >= 0.3 is 6.03 Å². The Hall–Kier alpha value is -4.02. The molecule has 3 aromatic rings. The van der Waals surface area contributed by atoms with Crippen molar-refractivity contribution in [1.29, 1.82) is 0 Å². The lowest BCUT2D eigenvalue weighted by Gasteiger charge is -2.18. The molecular formula is C21H25N7O4. The Morgan fingerprint density at radius 2 is 2.12 bits per heavy atom. The third-order valence-corrected chi connectivity index (χ3v) is 5.20. The summed E-state index contributed by atoms with van der Waals surface area (Å²) in [6.45, 7) is 3.65. The maximum Gasteiger partial charge on any atom is 0.320 e. The molecule has 1 aliphatic heterocycles. The third-order valence-electron chi connectivity index (χ3n) is 5.20. The Kier molecular flexibility index (Phi) is 5.97. The third kappa shape index (κ3) is 4.36. The van der Waals surface area contributed by atoms with Gasteiger partial charge in [0, 0.05) is 25.7 Å². The van der Waals surface area contributed by atoms with E-state index in [1.165, 1.54) is 7.11 Å². The van der Waals surface area contributed by atoms with Crippen molar-refractivity contribution in [3.63, 3.8) is 0 Å². The normalized spacial score (nSPS) is 15.6. The minimum absolute atomic E-state index is 0.0941. The number of urea groups is 1. The van der Waals surface area contributed by atoms with Gasteiger partial charge in [0.05, 0.1) is 18.9 Å². The van der Waals surface area contributed by atoms with E-state index in [0.717, 1.165) is 12.2 Å². The van der Waals surface area contributed by atoms with Crippen molar-refractivity contribution in [2.75, 3.05) is 37.0 Å². The van der Waals surface area contributed by atoms with Crippen LogP contribution in [0.5, 0.6) is 11.5 Å². The first-order valence-electron chi connectivity index (χ1n) is 10.3. The number of nitrogens with zero attached hydrogens (tertiary/aromatic N) is 4. The molecule has 3 amide bonds. The van der Waals surface area contributed by atoms with Gasteiger partial charge in [0.2, 0.25) is 0 Å². The molecule has 1 aromatic carbocycles. The zero-order chi connectivity index (χ0) is 22.7. The van der Waals surface area contributed by atoms with Crippen LogP contribution in [0.4, 0.5) is 16.4 Å². The summed E-state index contributed by atoms with van der Waals surface area (Å²) < 4.78 is 6.68. The summed E-state index contributed by atoms with van der Waals surface area (Å²) in [4.78, 5) is 30.7. The molecular weight excluding hydrogens is 414 g/mol. The number of hydrogen-bond acceptors (Lipinski definition) is 7. The number of hydrogen-bond donors (Lipinski definition) is 4.